The van der Waals surface area contributed by atoms with E-state index in [1.165, 1.54) is 11.1 Å². The summed E-state index contributed by atoms with van der Waals surface area (Å²) in [6, 6.07) is 8.30. The Morgan fingerprint density at radius 2 is 2.08 bits per heavy atom. The van der Waals surface area contributed by atoms with Crippen molar-refractivity contribution in [2.75, 3.05) is 0 Å². The second kappa shape index (κ2) is 3.18. The van der Waals surface area contributed by atoms with Gasteiger partial charge in [-0.3, -0.25) is 5.41 Å². The normalized spacial score (nSPS) is 20.8. The lowest BCUT2D eigenvalue weighted by Gasteiger charge is -2.24. The van der Waals surface area contributed by atoms with Gasteiger partial charge >= 0.3 is 0 Å². The summed E-state index contributed by atoms with van der Waals surface area (Å²) in [6.45, 7) is 0.820. The molecule has 0 saturated heterocycles. The molecule has 3 nitrogen and oxygen atoms in total. The molecular weight excluding hydrogens is 162 g/mol. The van der Waals surface area contributed by atoms with Crippen LogP contribution in [-0.4, -0.2) is 11.9 Å². The van der Waals surface area contributed by atoms with Crippen LogP contribution in [-0.2, 0) is 13.0 Å². The van der Waals surface area contributed by atoms with Gasteiger partial charge in [-0.05, 0) is 17.5 Å². The molecule has 1 aromatic carbocycles. The average Bonchev–Trinajstić information content (AvgIpc) is 2.17. The lowest BCUT2D eigenvalue weighted by atomic mass is 9.95. The third kappa shape index (κ3) is 1.55. The minimum atomic E-state index is 0.0231. The number of hydrogen-bond acceptors (Lipinski definition) is 2. The minimum Gasteiger partial charge on any atom is -0.386 e. The van der Waals surface area contributed by atoms with Gasteiger partial charge in [0, 0.05) is 6.54 Å². The number of hydrogen-bond donors (Lipinski definition) is 3. The first-order valence-electron chi connectivity index (χ1n) is 4.41. The molecule has 0 spiro atoms. The Morgan fingerprint density at radius 1 is 1.38 bits per heavy atom. The second-order valence-corrected chi connectivity index (χ2v) is 3.36. The van der Waals surface area contributed by atoms with Crippen LogP contribution >= 0.6 is 0 Å². The average molecular weight is 175 g/mol. The van der Waals surface area contributed by atoms with Crippen LogP contribution < -0.4 is 11.1 Å². The van der Waals surface area contributed by atoms with Gasteiger partial charge in [-0.2, -0.15) is 0 Å². The first kappa shape index (κ1) is 8.26. The number of nitrogens with two attached hydrogens (primary N) is 1. The predicted octanol–water partition coefficient (Wildman–Crippen LogP) is 0.637. The Hall–Kier alpha value is -1.35. The van der Waals surface area contributed by atoms with E-state index < -0.39 is 0 Å². The smallest absolute Gasteiger partial charge is 0.108 e. The van der Waals surface area contributed by atoms with Gasteiger partial charge in [-0.25, -0.2) is 0 Å². The van der Waals surface area contributed by atoms with Gasteiger partial charge in [0.05, 0.1) is 6.04 Å². The standard InChI is InChI=1S/C10H13N3/c11-10(12)9-5-7-3-1-2-4-8(7)6-13-9/h1-4,9,13H,5-6H2,(H3,11,12). The van der Waals surface area contributed by atoms with Gasteiger partial charge in [0.25, 0.3) is 0 Å². The Bertz CT molecular complexity index is 333. The molecular formula is C10H13N3. The number of nitrogens with one attached hydrogen (secondary N) is 2. The number of benzene rings is 1. The molecule has 0 bridgehead atoms. The summed E-state index contributed by atoms with van der Waals surface area (Å²) >= 11 is 0. The maximum Gasteiger partial charge on any atom is 0.108 e. The van der Waals surface area contributed by atoms with Crippen molar-refractivity contribution in [1.29, 1.82) is 5.41 Å². The van der Waals surface area contributed by atoms with Crippen molar-refractivity contribution in [3.8, 4) is 0 Å². The zero-order chi connectivity index (χ0) is 9.26. The van der Waals surface area contributed by atoms with E-state index in [-0.39, 0.29) is 11.9 Å². The molecule has 3 heteroatoms. The van der Waals surface area contributed by atoms with E-state index in [9.17, 15) is 0 Å². The Balaban J connectivity index is 2.24. The van der Waals surface area contributed by atoms with E-state index >= 15 is 0 Å². The van der Waals surface area contributed by atoms with Crippen molar-refractivity contribution in [2.45, 2.75) is 19.0 Å². The highest BCUT2D eigenvalue weighted by atomic mass is 15.0. The summed E-state index contributed by atoms with van der Waals surface area (Å²) < 4.78 is 0. The molecule has 1 atom stereocenters. The predicted molar refractivity (Wildman–Crippen MR) is 52.7 cm³/mol. The number of rotatable bonds is 1. The lowest BCUT2D eigenvalue weighted by molar-refractivity contribution is 0.572. The third-order valence-electron chi connectivity index (χ3n) is 2.46. The van der Waals surface area contributed by atoms with Crippen molar-refractivity contribution >= 4 is 5.84 Å². The minimum absolute atomic E-state index is 0.0231. The molecule has 0 aromatic heterocycles. The van der Waals surface area contributed by atoms with Crippen LogP contribution in [0.15, 0.2) is 24.3 Å². The first-order valence-corrected chi connectivity index (χ1v) is 4.41. The Labute approximate surface area is 77.5 Å². The molecule has 1 unspecified atom stereocenters. The van der Waals surface area contributed by atoms with Crippen molar-refractivity contribution in [1.82, 2.24) is 5.32 Å². The monoisotopic (exact) mass is 175 g/mol. The van der Waals surface area contributed by atoms with Gasteiger partial charge in [-0.15, -0.1) is 0 Å². The largest absolute Gasteiger partial charge is 0.386 e. The highest BCUT2D eigenvalue weighted by molar-refractivity contribution is 5.83. The van der Waals surface area contributed by atoms with E-state index in [4.69, 9.17) is 11.1 Å². The Kier molecular flexibility index (Phi) is 2.02. The molecule has 0 saturated carbocycles. The molecule has 0 fully saturated rings. The molecule has 0 amide bonds. The zero-order valence-corrected chi connectivity index (χ0v) is 7.38. The van der Waals surface area contributed by atoms with Gasteiger partial charge in [-0.1, -0.05) is 24.3 Å². The highest BCUT2D eigenvalue weighted by Crippen LogP contribution is 2.15. The van der Waals surface area contributed by atoms with Crippen LogP contribution in [0, 0.1) is 5.41 Å². The molecule has 1 aromatic rings. The quantitative estimate of drug-likeness (QED) is 0.433. The lowest BCUT2D eigenvalue weighted by Crippen LogP contribution is -2.44. The van der Waals surface area contributed by atoms with E-state index in [0.29, 0.717) is 0 Å². The van der Waals surface area contributed by atoms with Gasteiger partial charge in [0.1, 0.15) is 5.84 Å². The van der Waals surface area contributed by atoms with E-state index in [1.54, 1.807) is 0 Å². The molecule has 1 aliphatic heterocycles. The zero-order valence-electron chi connectivity index (χ0n) is 7.38. The van der Waals surface area contributed by atoms with Crippen LogP contribution in [0.4, 0.5) is 0 Å². The molecule has 0 radical (unpaired) electrons. The van der Waals surface area contributed by atoms with Crippen molar-refractivity contribution in [2.24, 2.45) is 5.73 Å². The summed E-state index contributed by atoms with van der Waals surface area (Å²) in [6.07, 6.45) is 0.839. The molecule has 2 rings (SSSR count). The fourth-order valence-corrected chi connectivity index (χ4v) is 1.67. The molecule has 1 aliphatic rings. The Morgan fingerprint density at radius 3 is 2.77 bits per heavy atom. The summed E-state index contributed by atoms with van der Waals surface area (Å²) in [4.78, 5) is 0. The summed E-state index contributed by atoms with van der Waals surface area (Å²) in [5.41, 5.74) is 8.07. The van der Waals surface area contributed by atoms with E-state index in [1.807, 2.05) is 12.1 Å². The van der Waals surface area contributed by atoms with Crippen LogP contribution in [0.2, 0.25) is 0 Å². The van der Waals surface area contributed by atoms with Crippen LogP contribution in [0.3, 0.4) is 0 Å². The SMILES string of the molecule is N=C(N)C1Cc2ccccc2CN1. The topological polar surface area (TPSA) is 61.9 Å². The van der Waals surface area contributed by atoms with Crippen LogP contribution in [0.25, 0.3) is 0 Å². The third-order valence-corrected chi connectivity index (χ3v) is 2.46. The highest BCUT2D eigenvalue weighted by Gasteiger charge is 2.18. The van der Waals surface area contributed by atoms with Crippen molar-refractivity contribution < 1.29 is 0 Å². The maximum atomic E-state index is 7.35. The van der Waals surface area contributed by atoms with Gasteiger partial charge in [0.2, 0.25) is 0 Å². The molecule has 0 aliphatic carbocycles. The van der Waals surface area contributed by atoms with E-state index in [2.05, 4.69) is 17.4 Å². The van der Waals surface area contributed by atoms with Crippen molar-refractivity contribution in [3.63, 3.8) is 0 Å². The van der Waals surface area contributed by atoms with Crippen LogP contribution in [0.5, 0.6) is 0 Å². The number of fused-ring (bicyclic) bond motifs is 1. The van der Waals surface area contributed by atoms with Gasteiger partial charge in [0.15, 0.2) is 0 Å². The molecule has 13 heavy (non-hydrogen) atoms. The van der Waals surface area contributed by atoms with E-state index in [0.717, 1.165) is 13.0 Å². The number of amidine groups is 1. The van der Waals surface area contributed by atoms with Gasteiger partial charge < -0.3 is 11.1 Å². The first-order chi connectivity index (χ1) is 6.27. The fraction of sp³-hybridized carbons (Fsp3) is 0.300. The summed E-state index contributed by atoms with van der Waals surface area (Å²) in [5, 5.41) is 10.6. The summed E-state index contributed by atoms with van der Waals surface area (Å²) in [5.74, 6) is 0.231. The second-order valence-electron chi connectivity index (χ2n) is 3.36. The molecule has 1 heterocycles. The maximum absolute atomic E-state index is 7.35. The molecule has 68 valence electrons. The van der Waals surface area contributed by atoms with Crippen molar-refractivity contribution in [3.05, 3.63) is 35.4 Å². The van der Waals surface area contributed by atoms with Crippen LogP contribution in [0.1, 0.15) is 11.1 Å². The molecule has 4 N–H and O–H groups in total. The fourth-order valence-electron chi connectivity index (χ4n) is 1.67. The summed E-state index contributed by atoms with van der Waals surface area (Å²) in [7, 11) is 0.